The standard InChI is InChI=1S/C19H17FN8/c1-12-22-16(24-13-7-3-2-4-8-13)11-17(23-12)28-18(21)26-19(27-28)25-15-10-6-5-9-14(15)20/h2-11H,1H3,(H,22,23,24)(H3,21,25,26,27). The van der Waals surface area contributed by atoms with Crippen molar-refractivity contribution in [3.63, 3.8) is 0 Å². The van der Waals surface area contributed by atoms with Crippen molar-refractivity contribution in [2.24, 2.45) is 0 Å². The number of nitrogens with one attached hydrogen (secondary N) is 2. The number of benzene rings is 2. The molecule has 0 spiro atoms. The molecule has 0 aliphatic heterocycles. The van der Waals surface area contributed by atoms with Gasteiger partial charge in [-0.25, -0.2) is 14.4 Å². The summed E-state index contributed by atoms with van der Waals surface area (Å²) in [6.45, 7) is 1.77. The van der Waals surface area contributed by atoms with Gasteiger partial charge >= 0.3 is 0 Å². The van der Waals surface area contributed by atoms with Crippen LogP contribution in [0.15, 0.2) is 60.7 Å². The molecule has 4 rings (SSSR count). The molecule has 2 aromatic heterocycles. The number of rotatable bonds is 5. The van der Waals surface area contributed by atoms with E-state index in [1.165, 1.54) is 10.7 Å². The van der Waals surface area contributed by atoms with Gasteiger partial charge in [-0.15, -0.1) is 5.10 Å². The van der Waals surface area contributed by atoms with Crippen LogP contribution >= 0.6 is 0 Å². The van der Waals surface area contributed by atoms with E-state index in [4.69, 9.17) is 5.73 Å². The fraction of sp³-hybridized carbons (Fsp3) is 0.0526. The number of nitrogens with two attached hydrogens (primary N) is 1. The van der Waals surface area contributed by atoms with Crippen LogP contribution in [0.3, 0.4) is 0 Å². The first kappa shape index (κ1) is 17.4. The summed E-state index contributed by atoms with van der Waals surface area (Å²) < 4.78 is 15.2. The summed E-state index contributed by atoms with van der Waals surface area (Å²) in [6.07, 6.45) is 0. The first-order chi connectivity index (χ1) is 13.6. The van der Waals surface area contributed by atoms with E-state index < -0.39 is 5.82 Å². The second kappa shape index (κ2) is 7.31. The maximum Gasteiger partial charge on any atom is 0.248 e. The summed E-state index contributed by atoms with van der Waals surface area (Å²) in [5.74, 6) is 1.43. The van der Waals surface area contributed by atoms with E-state index in [1.54, 1.807) is 31.2 Å². The number of hydrogen-bond donors (Lipinski definition) is 3. The van der Waals surface area contributed by atoms with Gasteiger partial charge in [0.1, 0.15) is 17.5 Å². The molecule has 0 aliphatic carbocycles. The van der Waals surface area contributed by atoms with Crippen molar-refractivity contribution in [1.82, 2.24) is 24.7 Å². The number of hydrogen-bond acceptors (Lipinski definition) is 7. The minimum Gasteiger partial charge on any atom is -0.368 e. The number of para-hydroxylation sites is 2. The third-order valence-electron chi connectivity index (χ3n) is 3.84. The van der Waals surface area contributed by atoms with Gasteiger partial charge in [-0.3, -0.25) is 0 Å². The van der Waals surface area contributed by atoms with Crippen LogP contribution in [0.2, 0.25) is 0 Å². The Hall–Kier alpha value is -4.01. The average Bonchev–Trinajstić information content (AvgIpc) is 3.04. The van der Waals surface area contributed by atoms with Gasteiger partial charge in [-0.1, -0.05) is 30.3 Å². The highest BCUT2D eigenvalue weighted by molar-refractivity contribution is 5.58. The molecule has 140 valence electrons. The van der Waals surface area contributed by atoms with Crippen LogP contribution < -0.4 is 16.4 Å². The van der Waals surface area contributed by atoms with Crippen LogP contribution in [0.25, 0.3) is 5.82 Å². The highest BCUT2D eigenvalue weighted by atomic mass is 19.1. The Morgan fingerprint density at radius 2 is 1.68 bits per heavy atom. The largest absolute Gasteiger partial charge is 0.368 e. The topological polar surface area (TPSA) is 107 Å². The molecular formula is C19H17FN8. The zero-order valence-electron chi connectivity index (χ0n) is 15.0. The molecule has 8 nitrogen and oxygen atoms in total. The molecule has 0 fully saturated rings. The molecule has 0 atom stereocenters. The van der Waals surface area contributed by atoms with Gasteiger partial charge in [0.2, 0.25) is 11.9 Å². The molecule has 4 aromatic rings. The maximum absolute atomic E-state index is 13.8. The monoisotopic (exact) mass is 376 g/mol. The predicted octanol–water partition coefficient (Wildman–Crippen LogP) is 3.57. The third-order valence-corrected chi connectivity index (χ3v) is 3.84. The third kappa shape index (κ3) is 3.73. The quantitative estimate of drug-likeness (QED) is 0.489. The fourth-order valence-electron chi connectivity index (χ4n) is 2.62. The van der Waals surface area contributed by atoms with Gasteiger partial charge in [0.15, 0.2) is 5.82 Å². The molecule has 4 N–H and O–H groups in total. The summed E-state index contributed by atoms with van der Waals surface area (Å²) in [7, 11) is 0. The Morgan fingerprint density at radius 1 is 0.929 bits per heavy atom. The molecule has 9 heteroatoms. The minimum atomic E-state index is -0.412. The highest BCUT2D eigenvalue weighted by Crippen LogP contribution is 2.21. The Balaban J connectivity index is 1.64. The van der Waals surface area contributed by atoms with Crippen molar-refractivity contribution in [3.05, 3.63) is 72.3 Å². The van der Waals surface area contributed by atoms with Gasteiger partial charge < -0.3 is 16.4 Å². The van der Waals surface area contributed by atoms with Crippen molar-refractivity contribution in [3.8, 4) is 5.82 Å². The number of nitrogen functional groups attached to an aromatic ring is 1. The van der Waals surface area contributed by atoms with Gasteiger partial charge in [0, 0.05) is 11.8 Å². The van der Waals surface area contributed by atoms with E-state index in [-0.39, 0.29) is 17.6 Å². The van der Waals surface area contributed by atoms with E-state index >= 15 is 0 Å². The van der Waals surface area contributed by atoms with Crippen molar-refractivity contribution < 1.29 is 4.39 Å². The predicted molar refractivity (Wildman–Crippen MR) is 106 cm³/mol. The van der Waals surface area contributed by atoms with Gasteiger partial charge in [-0.2, -0.15) is 9.67 Å². The van der Waals surface area contributed by atoms with Crippen LogP contribution in [0, 0.1) is 12.7 Å². The first-order valence-electron chi connectivity index (χ1n) is 8.51. The molecule has 0 amide bonds. The Labute approximate surface area is 160 Å². The minimum absolute atomic E-state index is 0.114. The van der Waals surface area contributed by atoms with E-state index in [9.17, 15) is 4.39 Å². The van der Waals surface area contributed by atoms with E-state index in [2.05, 4.69) is 30.7 Å². The van der Waals surface area contributed by atoms with Crippen molar-refractivity contribution in [2.45, 2.75) is 6.92 Å². The Bertz CT molecular complexity index is 1110. The molecule has 28 heavy (non-hydrogen) atoms. The summed E-state index contributed by atoms with van der Waals surface area (Å²) >= 11 is 0. The molecule has 0 bridgehead atoms. The van der Waals surface area contributed by atoms with E-state index in [0.29, 0.717) is 17.5 Å². The van der Waals surface area contributed by atoms with Crippen molar-refractivity contribution >= 4 is 29.1 Å². The van der Waals surface area contributed by atoms with Gasteiger partial charge in [0.05, 0.1) is 5.69 Å². The number of anilines is 5. The number of halogens is 1. The van der Waals surface area contributed by atoms with Crippen LogP contribution in [0.1, 0.15) is 5.82 Å². The van der Waals surface area contributed by atoms with E-state index in [1.807, 2.05) is 30.3 Å². The normalized spacial score (nSPS) is 10.6. The van der Waals surface area contributed by atoms with Crippen LogP contribution in [0.4, 0.5) is 33.5 Å². The second-order valence-corrected chi connectivity index (χ2v) is 5.96. The van der Waals surface area contributed by atoms with Crippen LogP contribution in [0.5, 0.6) is 0 Å². The Kier molecular flexibility index (Phi) is 4.55. The molecule has 0 saturated heterocycles. The number of aryl methyl sites for hydroxylation is 1. The van der Waals surface area contributed by atoms with E-state index in [0.717, 1.165) is 5.69 Å². The lowest BCUT2D eigenvalue weighted by molar-refractivity contribution is 0.631. The number of aromatic nitrogens is 5. The van der Waals surface area contributed by atoms with Gasteiger partial charge in [0.25, 0.3) is 0 Å². The summed E-state index contributed by atoms with van der Waals surface area (Å²) in [6, 6.07) is 17.6. The van der Waals surface area contributed by atoms with Crippen molar-refractivity contribution in [1.29, 1.82) is 0 Å². The molecule has 2 aromatic carbocycles. The van der Waals surface area contributed by atoms with Crippen LogP contribution in [-0.2, 0) is 0 Å². The highest BCUT2D eigenvalue weighted by Gasteiger charge is 2.13. The molecular weight excluding hydrogens is 359 g/mol. The maximum atomic E-state index is 13.8. The smallest absolute Gasteiger partial charge is 0.248 e. The zero-order chi connectivity index (χ0) is 19.5. The molecule has 0 unspecified atom stereocenters. The lowest BCUT2D eigenvalue weighted by Gasteiger charge is -2.09. The molecule has 0 radical (unpaired) electrons. The summed E-state index contributed by atoms with van der Waals surface area (Å²) in [5, 5.41) is 10.3. The Morgan fingerprint density at radius 3 is 2.46 bits per heavy atom. The first-order valence-corrected chi connectivity index (χ1v) is 8.51. The summed E-state index contributed by atoms with van der Waals surface area (Å²) in [5.41, 5.74) is 7.14. The zero-order valence-corrected chi connectivity index (χ0v) is 15.0. The molecule has 0 saturated carbocycles. The average molecular weight is 376 g/mol. The van der Waals surface area contributed by atoms with Gasteiger partial charge in [-0.05, 0) is 31.2 Å². The molecule has 0 aliphatic rings. The lowest BCUT2D eigenvalue weighted by atomic mass is 10.3. The number of nitrogens with zero attached hydrogens (tertiary/aromatic N) is 5. The lowest BCUT2D eigenvalue weighted by Crippen LogP contribution is -2.08. The molecule has 2 heterocycles. The fourth-order valence-corrected chi connectivity index (χ4v) is 2.62. The summed E-state index contributed by atoms with van der Waals surface area (Å²) in [4.78, 5) is 12.9. The van der Waals surface area contributed by atoms with Crippen molar-refractivity contribution in [2.75, 3.05) is 16.4 Å². The SMILES string of the molecule is Cc1nc(Nc2ccccc2)cc(-n2nc(Nc3ccccc3F)nc2N)n1. The van der Waals surface area contributed by atoms with Crippen LogP contribution in [-0.4, -0.2) is 24.7 Å². The second-order valence-electron chi connectivity index (χ2n) is 5.96.